The molecule has 124 valence electrons. The third-order valence-electron chi connectivity index (χ3n) is 3.23. The van der Waals surface area contributed by atoms with Gasteiger partial charge in [-0.15, -0.1) is 11.8 Å². The molecule has 0 heterocycles. The molecule has 5 nitrogen and oxygen atoms in total. The van der Waals surface area contributed by atoms with Crippen molar-refractivity contribution >= 4 is 34.1 Å². The second-order valence-electron chi connectivity index (χ2n) is 4.84. The fraction of sp³-hybridized carbons (Fsp3) is 0.111. The maximum atomic E-state index is 12.7. The fourth-order valence-electron chi connectivity index (χ4n) is 2.06. The zero-order valence-electron chi connectivity index (χ0n) is 13.6. The largest absolute Gasteiger partial charge is 0.374 e. The van der Waals surface area contributed by atoms with Gasteiger partial charge in [0.25, 0.3) is 5.91 Å². The summed E-state index contributed by atoms with van der Waals surface area (Å²) in [4.78, 5) is 12.7. The molecule has 0 fully saturated rings. The van der Waals surface area contributed by atoms with Crippen molar-refractivity contribution in [1.29, 1.82) is 5.41 Å². The van der Waals surface area contributed by atoms with Gasteiger partial charge in [-0.1, -0.05) is 36.4 Å². The summed E-state index contributed by atoms with van der Waals surface area (Å²) in [6.07, 6.45) is 1.77. The van der Waals surface area contributed by atoms with Gasteiger partial charge in [-0.2, -0.15) is 0 Å². The first-order valence-electron chi connectivity index (χ1n) is 7.39. The van der Waals surface area contributed by atoms with E-state index < -0.39 is 0 Å². The van der Waals surface area contributed by atoms with Crippen LogP contribution in [0.3, 0.4) is 0 Å². The standard InChI is InChI=1S/C18H20N4OS/c1-20-17(21-13-9-5-3-6-10-13)15(16(19)24-2)18(23)22-14-11-7-4-8-12-14/h3-12,19-21H,1-2H3,(H,22,23)/b17-15-,19-16?. The van der Waals surface area contributed by atoms with E-state index in [1.807, 2.05) is 60.7 Å². The van der Waals surface area contributed by atoms with Crippen LogP contribution in [0.15, 0.2) is 72.1 Å². The van der Waals surface area contributed by atoms with Crippen LogP contribution in [-0.4, -0.2) is 24.3 Å². The third kappa shape index (κ3) is 4.63. The zero-order chi connectivity index (χ0) is 17.4. The number of thioether (sulfide) groups is 1. The van der Waals surface area contributed by atoms with Crippen LogP contribution in [0, 0.1) is 5.41 Å². The molecule has 0 aromatic heterocycles. The average molecular weight is 340 g/mol. The Bertz CT molecular complexity index is 729. The first kappa shape index (κ1) is 17.6. The predicted octanol–water partition coefficient (Wildman–Crippen LogP) is 3.51. The van der Waals surface area contributed by atoms with E-state index in [9.17, 15) is 4.79 Å². The average Bonchev–Trinajstić information content (AvgIpc) is 2.62. The molecule has 0 unspecified atom stereocenters. The number of benzene rings is 2. The van der Waals surface area contributed by atoms with Gasteiger partial charge in [0.1, 0.15) is 16.4 Å². The molecule has 2 aromatic rings. The van der Waals surface area contributed by atoms with Crippen molar-refractivity contribution in [2.24, 2.45) is 0 Å². The van der Waals surface area contributed by atoms with Crippen molar-refractivity contribution < 1.29 is 4.79 Å². The van der Waals surface area contributed by atoms with Gasteiger partial charge < -0.3 is 16.0 Å². The Morgan fingerprint density at radius 1 is 0.917 bits per heavy atom. The second kappa shape index (κ2) is 8.79. The summed E-state index contributed by atoms with van der Waals surface area (Å²) >= 11 is 1.21. The molecule has 0 aliphatic heterocycles. The molecule has 0 aliphatic rings. The Kier molecular flexibility index (Phi) is 6.45. The number of rotatable bonds is 6. The number of hydrogen-bond donors (Lipinski definition) is 4. The molecule has 24 heavy (non-hydrogen) atoms. The minimum Gasteiger partial charge on any atom is -0.374 e. The SMILES string of the molecule is CN/C(Nc1ccccc1)=C(\C(=N)SC)C(=O)Nc1ccccc1. The van der Waals surface area contributed by atoms with E-state index >= 15 is 0 Å². The van der Waals surface area contributed by atoms with E-state index in [-0.39, 0.29) is 16.5 Å². The molecular formula is C18H20N4OS. The van der Waals surface area contributed by atoms with Crippen LogP contribution in [0.4, 0.5) is 11.4 Å². The number of carbonyl (C=O) groups excluding carboxylic acids is 1. The number of para-hydroxylation sites is 2. The minimum atomic E-state index is -0.340. The maximum absolute atomic E-state index is 12.7. The van der Waals surface area contributed by atoms with Gasteiger partial charge in [0.05, 0.1) is 0 Å². The van der Waals surface area contributed by atoms with Crippen LogP contribution >= 0.6 is 11.8 Å². The van der Waals surface area contributed by atoms with E-state index in [0.717, 1.165) is 5.69 Å². The minimum absolute atomic E-state index is 0.177. The summed E-state index contributed by atoms with van der Waals surface area (Å²) < 4.78 is 0. The van der Waals surface area contributed by atoms with Crippen LogP contribution in [0.2, 0.25) is 0 Å². The van der Waals surface area contributed by atoms with Gasteiger partial charge in [-0.25, -0.2) is 0 Å². The summed E-state index contributed by atoms with van der Waals surface area (Å²) in [5.41, 5.74) is 1.78. The Morgan fingerprint density at radius 3 is 1.88 bits per heavy atom. The number of anilines is 2. The lowest BCUT2D eigenvalue weighted by Crippen LogP contribution is -2.27. The van der Waals surface area contributed by atoms with E-state index in [1.165, 1.54) is 11.8 Å². The predicted molar refractivity (Wildman–Crippen MR) is 102 cm³/mol. The highest BCUT2D eigenvalue weighted by Gasteiger charge is 2.20. The molecule has 2 aromatic carbocycles. The Hall–Kier alpha value is -2.73. The Morgan fingerprint density at radius 2 is 1.42 bits per heavy atom. The lowest BCUT2D eigenvalue weighted by molar-refractivity contribution is -0.112. The topological polar surface area (TPSA) is 77.0 Å². The number of nitrogens with one attached hydrogen (secondary N) is 4. The molecule has 0 radical (unpaired) electrons. The van der Waals surface area contributed by atoms with Crippen molar-refractivity contribution in [3.05, 3.63) is 72.1 Å². The fourth-order valence-corrected chi connectivity index (χ4v) is 2.46. The summed E-state index contributed by atoms with van der Waals surface area (Å²) in [6.45, 7) is 0. The number of hydrogen-bond acceptors (Lipinski definition) is 5. The van der Waals surface area contributed by atoms with Gasteiger partial charge in [0.2, 0.25) is 0 Å². The van der Waals surface area contributed by atoms with Crippen molar-refractivity contribution in [3.63, 3.8) is 0 Å². The van der Waals surface area contributed by atoms with Gasteiger partial charge in [0, 0.05) is 18.4 Å². The van der Waals surface area contributed by atoms with Crippen LogP contribution in [0.1, 0.15) is 0 Å². The van der Waals surface area contributed by atoms with Crippen LogP contribution in [-0.2, 0) is 4.79 Å². The summed E-state index contributed by atoms with van der Waals surface area (Å²) in [5.74, 6) is 0.141. The monoisotopic (exact) mass is 340 g/mol. The molecule has 0 spiro atoms. The lowest BCUT2D eigenvalue weighted by Gasteiger charge is -2.17. The molecule has 4 N–H and O–H groups in total. The van der Waals surface area contributed by atoms with Gasteiger partial charge >= 0.3 is 0 Å². The van der Waals surface area contributed by atoms with Gasteiger partial charge in [-0.3, -0.25) is 10.2 Å². The molecule has 1 amide bonds. The Balaban J connectivity index is 2.33. The highest BCUT2D eigenvalue weighted by atomic mass is 32.2. The Labute approximate surface area is 146 Å². The first-order chi connectivity index (χ1) is 11.7. The van der Waals surface area contributed by atoms with Gasteiger partial charge in [-0.05, 0) is 30.5 Å². The number of carbonyl (C=O) groups is 1. The highest BCUT2D eigenvalue weighted by Crippen LogP contribution is 2.17. The third-order valence-corrected chi connectivity index (χ3v) is 3.85. The van der Waals surface area contributed by atoms with Crippen LogP contribution in [0.5, 0.6) is 0 Å². The normalized spacial score (nSPS) is 11.2. The van der Waals surface area contributed by atoms with Crippen molar-refractivity contribution in [3.8, 4) is 0 Å². The summed E-state index contributed by atoms with van der Waals surface area (Å²) in [7, 11) is 1.72. The van der Waals surface area contributed by atoms with Crippen molar-refractivity contribution in [1.82, 2.24) is 5.32 Å². The molecule has 0 atom stereocenters. The van der Waals surface area contributed by atoms with Crippen molar-refractivity contribution in [2.75, 3.05) is 23.9 Å². The zero-order valence-corrected chi connectivity index (χ0v) is 14.4. The molecule has 0 bridgehead atoms. The molecule has 0 saturated heterocycles. The highest BCUT2D eigenvalue weighted by molar-refractivity contribution is 8.13. The smallest absolute Gasteiger partial charge is 0.262 e. The maximum Gasteiger partial charge on any atom is 0.262 e. The second-order valence-corrected chi connectivity index (χ2v) is 5.66. The number of amides is 1. The molecule has 0 aliphatic carbocycles. The van der Waals surface area contributed by atoms with E-state index in [4.69, 9.17) is 5.41 Å². The quantitative estimate of drug-likeness (QED) is 0.369. The first-order valence-corrected chi connectivity index (χ1v) is 8.61. The van der Waals surface area contributed by atoms with Gasteiger partial charge in [0.15, 0.2) is 0 Å². The molecule has 0 saturated carbocycles. The summed E-state index contributed by atoms with van der Waals surface area (Å²) in [6, 6.07) is 18.7. The van der Waals surface area contributed by atoms with Crippen LogP contribution in [0.25, 0.3) is 0 Å². The van der Waals surface area contributed by atoms with Crippen LogP contribution < -0.4 is 16.0 Å². The van der Waals surface area contributed by atoms with Crippen molar-refractivity contribution in [2.45, 2.75) is 0 Å². The molecular weight excluding hydrogens is 320 g/mol. The lowest BCUT2D eigenvalue weighted by atomic mass is 10.2. The molecule has 2 rings (SSSR count). The molecule has 6 heteroatoms. The van der Waals surface area contributed by atoms with E-state index in [2.05, 4.69) is 16.0 Å². The summed E-state index contributed by atoms with van der Waals surface area (Å²) in [5, 5.41) is 17.3. The van der Waals surface area contributed by atoms with E-state index in [1.54, 1.807) is 13.3 Å². The van der Waals surface area contributed by atoms with E-state index in [0.29, 0.717) is 11.5 Å².